The van der Waals surface area contributed by atoms with E-state index in [1.54, 1.807) is 7.11 Å². The highest BCUT2D eigenvalue weighted by atomic mass is 32.1. The Morgan fingerprint density at radius 3 is 2.88 bits per heavy atom. The van der Waals surface area contributed by atoms with E-state index in [1.807, 2.05) is 6.20 Å². The van der Waals surface area contributed by atoms with Crippen LogP contribution in [0.5, 0.6) is 5.19 Å². The molecule has 1 aliphatic heterocycles. The highest BCUT2D eigenvalue weighted by Crippen LogP contribution is 2.28. The summed E-state index contributed by atoms with van der Waals surface area (Å²) in [6.45, 7) is 3.81. The second-order valence-corrected chi connectivity index (χ2v) is 7.66. The van der Waals surface area contributed by atoms with E-state index in [-0.39, 0.29) is 0 Å². The predicted octanol–water partition coefficient (Wildman–Crippen LogP) is 3.17. The Morgan fingerprint density at radius 1 is 1.19 bits per heavy atom. The van der Waals surface area contributed by atoms with Crippen molar-refractivity contribution in [1.82, 2.24) is 24.6 Å². The van der Waals surface area contributed by atoms with Crippen LogP contribution < -0.4 is 4.74 Å². The molecule has 0 bridgehead atoms. The first-order valence-electron chi connectivity index (χ1n) is 8.95. The average Bonchev–Trinajstić information content (AvgIpc) is 3.32. The van der Waals surface area contributed by atoms with Crippen molar-refractivity contribution in [2.45, 2.75) is 31.8 Å². The first-order chi connectivity index (χ1) is 12.8. The Morgan fingerprint density at radius 2 is 2.08 bits per heavy atom. The zero-order valence-corrected chi connectivity index (χ0v) is 15.7. The normalized spacial score (nSPS) is 18.1. The van der Waals surface area contributed by atoms with Gasteiger partial charge in [0.05, 0.1) is 13.7 Å². The van der Waals surface area contributed by atoms with E-state index in [0.717, 1.165) is 31.2 Å². The fraction of sp³-hybridized carbons (Fsp3) is 0.421. The monoisotopic (exact) mass is 369 g/mol. The number of aromatic nitrogens is 4. The maximum atomic E-state index is 5.15. The number of rotatable bonds is 6. The molecule has 0 saturated carbocycles. The van der Waals surface area contributed by atoms with Gasteiger partial charge >= 0.3 is 0 Å². The van der Waals surface area contributed by atoms with Gasteiger partial charge in [0.1, 0.15) is 10.8 Å². The molecule has 4 rings (SSSR count). The molecular weight excluding hydrogens is 346 g/mol. The molecule has 2 aromatic heterocycles. The van der Waals surface area contributed by atoms with Gasteiger partial charge in [-0.15, -0.1) is 10.2 Å². The number of nitrogens with zero attached hydrogens (tertiary/aromatic N) is 5. The molecule has 0 amide bonds. The van der Waals surface area contributed by atoms with Crippen LogP contribution in [0.15, 0.2) is 42.7 Å². The zero-order valence-electron chi connectivity index (χ0n) is 14.9. The summed E-state index contributed by atoms with van der Waals surface area (Å²) in [4.78, 5) is 7.14. The Bertz CT molecular complexity index is 831. The van der Waals surface area contributed by atoms with Gasteiger partial charge in [0.2, 0.25) is 0 Å². The van der Waals surface area contributed by atoms with Crippen LogP contribution in [0.4, 0.5) is 0 Å². The van der Waals surface area contributed by atoms with Crippen molar-refractivity contribution in [3.05, 3.63) is 59.1 Å². The van der Waals surface area contributed by atoms with Gasteiger partial charge in [0.25, 0.3) is 5.19 Å². The van der Waals surface area contributed by atoms with Gasteiger partial charge < -0.3 is 9.30 Å². The fourth-order valence-electron chi connectivity index (χ4n) is 3.58. The van der Waals surface area contributed by atoms with Crippen molar-refractivity contribution in [2.75, 3.05) is 20.2 Å². The molecule has 1 saturated heterocycles. The lowest BCUT2D eigenvalue weighted by atomic mass is 9.97. The van der Waals surface area contributed by atoms with Crippen LogP contribution >= 0.6 is 11.3 Å². The SMILES string of the molecule is COc1nnc(CN2CCC[C@@H](c3nccn3Cc3ccccc3)C2)s1. The number of piperidine rings is 1. The summed E-state index contributed by atoms with van der Waals surface area (Å²) in [6, 6.07) is 10.6. The van der Waals surface area contributed by atoms with Gasteiger partial charge in [0, 0.05) is 31.4 Å². The van der Waals surface area contributed by atoms with Gasteiger partial charge in [-0.3, -0.25) is 4.90 Å². The molecule has 0 radical (unpaired) electrons. The lowest BCUT2D eigenvalue weighted by Gasteiger charge is -2.32. The van der Waals surface area contributed by atoms with Crippen LogP contribution in [0.3, 0.4) is 0 Å². The number of hydrogen-bond donors (Lipinski definition) is 0. The molecule has 0 N–H and O–H groups in total. The van der Waals surface area contributed by atoms with E-state index in [1.165, 1.54) is 35.6 Å². The van der Waals surface area contributed by atoms with Crippen LogP contribution in [0.1, 0.15) is 35.2 Å². The van der Waals surface area contributed by atoms with Crippen LogP contribution in [0.25, 0.3) is 0 Å². The minimum Gasteiger partial charge on any atom is -0.472 e. The molecule has 0 spiro atoms. The second kappa shape index (κ2) is 7.97. The zero-order chi connectivity index (χ0) is 17.8. The maximum absolute atomic E-state index is 5.15. The number of benzene rings is 1. The maximum Gasteiger partial charge on any atom is 0.293 e. The summed E-state index contributed by atoms with van der Waals surface area (Å²) in [6.07, 6.45) is 6.38. The van der Waals surface area contributed by atoms with Crippen molar-refractivity contribution in [3.63, 3.8) is 0 Å². The molecule has 6 nitrogen and oxygen atoms in total. The van der Waals surface area contributed by atoms with Crippen LogP contribution in [-0.2, 0) is 13.1 Å². The van der Waals surface area contributed by atoms with E-state index in [0.29, 0.717) is 11.1 Å². The number of ether oxygens (including phenoxy) is 1. The molecular formula is C19H23N5OS. The summed E-state index contributed by atoms with van der Waals surface area (Å²) in [5.74, 6) is 1.64. The van der Waals surface area contributed by atoms with E-state index >= 15 is 0 Å². The Hall–Kier alpha value is -2.25. The molecule has 1 fully saturated rings. The number of likely N-dealkylation sites (tertiary alicyclic amines) is 1. The molecule has 0 aliphatic carbocycles. The Balaban J connectivity index is 1.44. The lowest BCUT2D eigenvalue weighted by Crippen LogP contribution is -2.35. The first kappa shape index (κ1) is 17.2. The van der Waals surface area contributed by atoms with Crippen LogP contribution in [-0.4, -0.2) is 44.8 Å². The Kier molecular flexibility index (Phi) is 5.26. The molecule has 1 aliphatic rings. The molecule has 3 aromatic rings. The van der Waals surface area contributed by atoms with Crippen molar-refractivity contribution < 1.29 is 4.74 Å². The van der Waals surface area contributed by atoms with Gasteiger partial charge in [-0.25, -0.2) is 4.98 Å². The Labute approximate surface area is 157 Å². The van der Waals surface area contributed by atoms with Gasteiger partial charge in [-0.2, -0.15) is 0 Å². The molecule has 0 unspecified atom stereocenters. The highest BCUT2D eigenvalue weighted by molar-refractivity contribution is 7.13. The lowest BCUT2D eigenvalue weighted by molar-refractivity contribution is 0.194. The van der Waals surface area contributed by atoms with Crippen molar-refractivity contribution in [2.24, 2.45) is 0 Å². The summed E-state index contributed by atoms with van der Waals surface area (Å²) in [7, 11) is 1.63. The average molecular weight is 369 g/mol. The van der Waals surface area contributed by atoms with Crippen LogP contribution in [0.2, 0.25) is 0 Å². The summed E-state index contributed by atoms with van der Waals surface area (Å²) < 4.78 is 7.44. The number of methoxy groups -OCH3 is 1. The van der Waals surface area contributed by atoms with E-state index in [4.69, 9.17) is 4.74 Å². The number of hydrogen-bond acceptors (Lipinski definition) is 6. The third-order valence-electron chi connectivity index (χ3n) is 4.80. The topological polar surface area (TPSA) is 56.1 Å². The minimum atomic E-state index is 0.456. The number of imidazole rings is 1. The molecule has 136 valence electrons. The van der Waals surface area contributed by atoms with E-state index < -0.39 is 0 Å². The van der Waals surface area contributed by atoms with Crippen molar-refractivity contribution in [3.8, 4) is 5.19 Å². The molecule has 1 aromatic carbocycles. The molecule has 26 heavy (non-hydrogen) atoms. The summed E-state index contributed by atoms with van der Waals surface area (Å²) in [5, 5.41) is 9.90. The van der Waals surface area contributed by atoms with Crippen molar-refractivity contribution in [1.29, 1.82) is 0 Å². The van der Waals surface area contributed by atoms with E-state index in [2.05, 4.69) is 61.2 Å². The molecule has 3 heterocycles. The third-order valence-corrected chi connectivity index (χ3v) is 5.67. The molecule has 7 heteroatoms. The quantitative estimate of drug-likeness (QED) is 0.668. The van der Waals surface area contributed by atoms with Crippen LogP contribution in [0, 0.1) is 0 Å². The second-order valence-electron chi connectivity index (χ2n) is 6.64. The minimum absolute atomic E-state index is 0.456. The fourth-order valence-corrected chi connectivity index (χ4v) is 4.28. The largest absolute Gasteiger partial charge is 0.472 e. The van der Waals surface area contributed by atoms with E-state index in [9.17, 15) is 0 Å². The third kappa shape index (κ3) is 3.94. The summed E-state index contributed by atoms with van der Waals surface area (Å²) >= 11 is 1.52. The predicted molar refractivity (Wildman–Crippen MR) is 101 cm³/mol. The smallest absolute Gasteiger partial charge is 0.293 e. The summed E-state index contributed by atoms with van der Waals surface area (Å²) in [5.41, 5.74) is 1.31. The van der Waals surface area contributed by atoms with Gasteiger partial charge in [0.15, 0.2) is 0 Å². The van der Waals surface area contributed by atoms with Crippen molar-refractivity contribution >= 4 is 11.3 Å². The standard InChI is InChI=1S/C19H23N5OS/c1-25-19-22-21-17(26-19)14-23-10-5-8-16(13-23)18-20-9-11-24(18)12-15-6-3-2-4-7-15/h2-4,6-7,9,11,16H,5,8,10,12-14H2,1H3/t16-/m1/s1. The van der Waals surface area contributed by atoms with Gasteiger partial charge in [-0.1, -0.05) is 41.7 Å². The van der Waals surface area contributed by atoms with Gasteiger partial charge in [-0.05, 0) is 24.9 Å². The highest BCUT2D eigenvalue weighted by Gasteiger charge is 2.25. The molecule has 1 atom stereocenters. The first-order valence-corrected chi connectivity index (χ1v) is 9.77.